The predicted molar refractivity (Wildman–Crippen MR) is 109 cm³/mol. The Kier molecular flexibility index (Phi) is 5.82. The second-order valence-corrected chi connectivity index (χ2v) is 8.03. The Bertz CT molecular complexity index is 879. The highest BCUT2D eigenvalue weighted by Gasteiger charge is 2.21. The van der Waals surface area contributed by atoms with E-state index in [1.54, 1.807) is 18.1 Å². The van der Waals surface area contributed by atoms with E-state index < -0.39 is 0 Å². The normalized spacial score (nSPS) is 12.6. The molecule has 0 aliphatic carbocycles. The number of hydrogen-bond acceptors (Lipinski definition) is 3. The molecule has 0 bridgehead atoms. The zero-order valence-corrected chi connectivity index (χ0v) is 16.9. The zero-order valence-electron chi connectivity index (χ0n) is 16.9. The molecule has 148 valence electrons. The molecule has 7 nitrogen and oxygen atoms in total. The topological polar surface area (TPSA) is 78.8 Å². The summed E-state index contributed by atoms with van der Waals surface area (Å²) in [5, 5.41) is 14.8. The van der Waals surface area contributed by atoms with Crippen LogP contribution in [-0.4, -0.2) is 38.0 Å². The number of H-pyrrole nitrogens is 1. The Morgan fingerprint density at radius 3 is 2.61 bits per heavy atom. The molecule has 0 aliphatic rings. The van der Waals surface area contributed by atoms with Crippen LogP contribution in [-0.2, 0) is 18.5 Å². The molecular formula is C21H28N6O. The van der Waals surface area contributed by atoms with Gasteiger partial charge in [-0.15, -0.1) is 0 Å². The number of amides is 2. The van der Waals surface area contributed by atoms with Gasteiger partial charge in [-0.1, -0.05) is 51.1 Å². The lowest BCUT2D eigenvalue weighted by atomic mass is 9.92. The van der Waals surface area contributed by atoms with Crippen LogP contribution in [0.4, 0.5) is 4.79 Å². The van der Waals surface area contributed by atoms with Crippen LogP contribution in [0.2, 0.25) is 0 Å². The molecule has 2 heterocycles. The Morgan fingerprint density at radius 2 is 2.00 bits per heavy atom. The van der Waals surface area contributed by atoms with Crippen molar-refractivity contribution in [2.75, 3.05) is 7.05 Å². The number of aromatic amines is 1. The first-order valence-corrected chi connectivity index (χ1v) is 9.41. The van der Waals surface area contributed by atoms with E-state index in [0.717, 1.165) is 17.0 Å². The third kappa shape index (κ3) is 5.00. The minimum Gasteiger partial charge on any atom is -0.329 e. The molecule has 3 aromatic rings. The highest BCUT2D eigenvalue weighted by molar-refractivity contribution is 5.74. The highest BCUT2D eigenvalue weighted by atomic mass is 16.2. The Hall–Kier alpha value is -3.09. The first-order valence-electron chi connectivity index (χ1n) is 9.41. The van der Waals surface area contributed by atoms with Crippen molar-refractivity contribution in [1.82, 2.24) is 30.2 Å². The van der Waals surface area contributed by atoms with Crippen LogP contribution in [0.15, 0.2) is 54.9 Å². The molecule has 0 spiro atoms. The number of aromatic nitrogens is 4. The van der Waals surface area contributed by atoms with Crippen LogP contribution in [0.5, 0.6) is 0 Å². The van der Waals surface area contributed by atoms with E-state index in [1.807, 2.05) is 53.3 Å². The van der Waals surface area contributed by atoms with Crippen LogP contribution in [0, 0.1) is 0 Å². The van der Waals surface area contributed by atoms with Crippen LogP contribution >= 0.6 is 0 Å². The molecule has 0 saturated carbocycles. The SMILES string of the molecule is CN(Cc1cc(C(C)(C)C)n[nH]1)C(=O)NC(Cn1cccn1)c1ccccc1. The van der Waals surface area contributed by atoms with Gasteiger partial charge in [-0.05, 0) is 17.7 Å². The van der Waals surface area contributed by atoms with Gasteiger partial charge < -0.3 is 10.2 Å². The van der Waals surface area contributed by atoms with Gasteiger partial charge in [0.2, 0.25) is 0 Å². The lowest BCUT2D eigenvalue weighted by Gasteiger charge is -2.24. The van der Waals surface area contributed by atoms with E-state index >= 15 is 0 Å². The van der Waals surface area contributed by atoms with Crippen molar-refractivity contribution in [2.24, 2.45) is 0 Å². The highest BCUT2D eigenvalue weighted by Crippen LogP contribution is 2.21. The van der Waals surface area contributed by atoms with Crippen molar-refractivity contribution < 1.29 is 4.79 Å². The second kappa shape index (κ2) is 8.29. The van der Waals surface area contributed by atoms with E-state index in [9.17, 15) is 4.79 Å². The number of carbonyl (C=O) groups excluding carboxylic acids is 1. The first-order chi connectivity index (χ1) is 13.3. The lowest BCUT2D eigenvalue weighted by molar-refractivity contribution is 0.200. The summed E-state index contributed by atoms with van der Waals surface area (Å²) in [4.78, 5) is 14.5. The number of carbonyl (C=O) groups is 1. The van der Waals surface area contributed by atoms with Crippen molar-refractivity contribution in [2.45, 2.75) is 45.3 Å². The number of rotatable bonds is 6. The number of urea groups is 1. The number of nitrogens with one attached hydrogen (secondary N) is 2. The van der Waals surface area contributed by atoms with Crippen molar-refractivity contribution in [1.29, 1.82) is 0 Å². The second-order valence-electron chi connectivity index (χ2n) is 8.03. The molecule has 0 aliphatic heterocycles. The predicted octanol–water partition coefficient (Wildman–Crippen LogP) is 3.49. The maximum atomic E-state index is 12.8. The lowest BCUT2D eigenvalue weighted by Crippen LogP contribution is -2.40. The third-order valence-corrected chi connectivity index (χ3v) is 4.58. The molecule has 0 radical (unpaired) electrons. The Morgan fingerprint density at radius 1 is 1.25 bits per heavy atom. The Balaban J connectivity index is 1.68. The summed E-state index contributed by atoms with van der Waals surface area (Å²) >= 11 is 0. The van der Waals surface area contributed by atoms with Gasteiger partial charge in [0.05, 0.1) is 30.5 Å². The summed E-state index contributed by atoms with van der Waals surface area (Å²) < 4.78 is 1.82. The van der Waals surface area contributed by atoms with Crippen LogP contribution in [0.3, 0.4) is 0 Å². The third-order valence-electron chi connectivity index (χ3n) is 4.58. The van der Waals surface area contributed by atoms with Crippen LogP contribution < -0.4 is 5.32 Å². The van der Waals surface area contributed by atoms with E-state index in [4.69, 9.17) is 0 Å². The fourth-order valence-corrected chi connectivity index (χ4v) is 2.93. The van der Waals surface area contributed by atoms with Crippen molar-refractivity contribution in [3.05, 3.63) is 71.8 Å². The van der Waals surface area contributed by atoms with Gasteiger partial charge in [0.1, 0.15) is 0 Å². The smallest absolute Gasteiger partial charge is 0.318 e. The van der Waals surface area contributed by atoms with E-state index in [2.05, 4.69) is 41.4 Å². The zero-order chi connectivity index (χ0) is 20.1. The molecule has 3 rings (SSSR count). The van der Waals surface area contributed by atoms with Crippen molar-refractivity contribution in [3.8, 4) is 0 Å². The fraction of sp³-hybridized carbons (Fsp3) is 0.381. The average Bonchev–Trinajstić information content (AvgIpc) is 3.33. The maximum absolute atomic E-state index is 12.8. The van der Waals surface area contributed by atoms with Crippen molar-refractivity contribution >= 4 is 6.03 Å². The molecule has 1 atom stereocenters. The van der Waals surface area contributed by atoms with Gasteiger partial charge in [-0.3, -0.25) is 9.78 Å². The van der Waals surface area contributed by atoms with Gasteiger partial charge >= 0.3 is 6.03 Å². The van der Waals surface area contributed by atoms with Gasteiger partial charge in [-0.25, -0.2) is 4.79 Å². The first kappa shape index (κ1) is 19.7. The molecule has 2 aromatic heterocycles. The molecule has 1 unspecified atom stereocenters. The molecule has 0 saturated heterocycles. The summed E-state index contributed by atoms with van der Waals surface area (Å²) in [6, 6.07) is 13.5. The molecule has 7 heteroatoms. The summed E-state index contributed by atoms with van der Waals surface area (Å²) in [6.45, 7) is 7.36. The van der Waals surface area contributed by atoms with E-state index in [1.165, 1.54) is 0 Å². The van der Waals surface area contributed by atoms with Gasteiger partial charge in [0.25, 0.3) is 0 Å². The molecule has 2 N–H and O–H groups in total. The van der Waals surface area contributed by atoms with Crippen LogP contribution in [0.25, 0.3) is 0 Å². The maximum Gasteiger partial charge on any atom is 0.318 e. The van der Waals surface area contributed by atoms with Gasteiger partial charge in [0.15, 0.2) is 0 Å². The largest absolute Gasteiger partial charge is 0.329 e. The summed E-state index contributed by atoms with van der Waals surface area (Å²) in [6.07, 6.45) is 3.63. The Labute approximate surface area is 165 Å². The number of hydrogen-bond donors (Lipinski definition) is 2. The quantitative estimate of drug-likeness (QED) is 0.687. The van der Waals surface area contributed by atoms with Crippen molar-refractivity contribution in [3.63, 3.8) is 0 Å². The molecule has 28 heavy (non-hydrogen) atoms. The van der Waals surface area contributed by atoms with Crippen LogP contribution in [0.1, 0.15) is 43.8 Å². The average molecular weight is 380 g/mol. The summed E-state index contributed by atoms with van der Waals surface area (Å²) in [7, 11) is 1.78. The molecule has 0 fully saturated rings. The molecular weight excluding hydrogens is 352 g/mol. The molecule has 2 amide bonds. The van der Waals surface area contributed by atoms with Gasteiger partial charge in [-0.2, -0.15) is 10.2 Å². The minimum atomic E-state index is -0.178. The molecule has 1 aromatic carbocycles. The fourth-order valence-electron chi connectivity index (χ4n) is 2.93. The summed E-state index contributed by atoms with van der Waals surface area (Å²) in [5.74, 6) is 0. The monoisotopic (exact) mass is 380 g/mol. The summed E-state index contributed by atoms with van der Waals surface area (Å²) in [5.41, 5.74) is 2.90. The standard InChI is InChI=1S/C21H28N6O/c1-21(2,3)19-13-17(24-25-19)14-26(4)20(28)23-18(15-27-12-8-11-22-27)16-9-6-5-7-10-16/h5-13,18H,14-15H2,1-4H3,(H,23,28)(H,24,25). The van der Waals surface area contributed by atoms with E-state index in [0.29, 0.717) is 13.1 Å². The van der Waals surface area contributed by atoms with Gasteiger partial charge in [0, 0.05) is 24.9 Å². The number of nitrogens with zero attached hydrogens (tertiary/aromatic N) is 4. The van der Waals surface area contributed by atoms with E-state index in [-0.39, 0.29) is 17.5 Å². The number of benzene rings is 1. The minimum absolute atomic E-state index is 0.0300.